The highest BCUT2D eigenvalue weighted by molar-refractivity contribution is 6.35. The Morgan fingerprint density at radius 3 is 2.48 bits per heavy atom. The number of rotatable bonds is 6. The Morgan fingerprint density at radius 1 is 1.20 bits per heavy atom. The van der Waals surface area contributed by atoms with E-state index in [2.05, 4.69) is 21.2 Å². The second-order valence-corrected chi connectivity index (χ2v) is 5.84. The van der Waals surface area contributed by atoms with Crippen LogP contribution in [0.1, 0.15) is 32.8 Å². The number of benzene rings is 1. The van der Waals surface area contributed by atoms with Gasteiger partial charge in [-0.3, -0.25) is 14.4 Å². The molecular formula is C17H24N4O4. The molecule has 1 rings (SSSR count). The molecule has 1 aromatic carbocycles. The fraction of sp³-hybridized carbons (Fsp3) is 0.412. The first-order valence-electron chi connectivity index (χ1n) is 7.81. The van der Waals surface area contributed by atoms with Gasteiger partial charge in [-0.15, -0.1) is 0 Å². The summed E-state index contributed by atoms with van der Waals surface area (Å²) in [5, 5.41) is 8.94. The van der Waals surface area contributed by atoms with Crippen molar-refractivity contribution in [2.45, 2.75) is 40.2 Å². The highest BCUT2D eigenvalue weighted by Crippen LogP contribution is 2.25. The van der Waals surface area contributed by atoms with Crippen LogP contribution in [0.15, 0.2) is 23.3 Å². The summed E-state index contributed by atoms with van der Waals surface area (Å²) < 4.78 is 5.20. The fourth-order valence-corrected chi connectivity index (χ4v) is 1.91. The molecule has 0 aliphatic carbocycles. The topological polar surface area (TPSA) is 109 Å². The van der Waals surface area contributed by atoms with E-state index in [1.165, 1.54) is 7.11 Å². The Labute approximate surface area is 147 Å². The molecule has 25 heavy (non-hydrogen) atoms. The van der Waals surface area contributed by atoms with Gasteiger partial charge in [-0.05, 0) is 45.4 Å². The van der Waals surface area contributed by atoms with E-state index in [-0.39, 0.29) is 18.4 Å². The molecule has 0 atom stereocenters. The van der Waals surface area contributed by atoms with E-state index < -0.39 is 11.8 Å². The Morgan fingerprint density at radius 2 is 1.88 bits per heavy atom. The van der Waals surface area contributed by atoms with Crippen molar-refractivity contribution in [3.63, 3.8) is 0 Å². The van der Waals surface area contributed by atoms with Gasteiger partial charge in [0, 0.05) is 11.8 Å². The molecule has 0 radical (unpaired) electrons. The highest BCUT2D eigenvalue weighted by atomic mass is 16.5. The number of nitrogens with zero attached hydrogens (tertiary/aromatic N) is 1. The van der Waals surface area contributed by atoms with Gasteiger partial charge in [-0.25, -0.2) is 5.43 Å². The molecule has 3 N–H and O–H groups in total. The standard InChI is InChI=1S/C17H24N4O4/c1-10(2)18-16(23)17(24)21-20-12(4)9-15(22)19-13-8-11(3)6-7-14(13)25-5/h6-8,10H,9H2,1-5H3,(H,18,23)(H,19,22)(H,21,24)/b20-12-. The molecule has 0 aliphatic heterocycles. The Hall–Kier alpha value is -2.90. The largest absolute Gasteiger partial charge is 0.495 e. The first-order chi connectivity index (χ1) is 11.7. The van der Waals surface area contributed by atoms with Gasteiger partial charge in [0.2, 0.25) is 5.91 Å². The van der Waals surface area contributed by atoms with E-state index in [1.807, 2.05) is 13.0 Å². The molecule has 0 bridgehead atoms. The molecule has 8 heteroatoms. The van der Waals surface area contributed by atoms with Gasteiger partial charge < -0.3 is 15.4 Å². The minimum absolute atomic E-state index is 0.0385. The molecule has 0 saturated heterocycles. The second-order valence-electron chi connectivity index (χ2n) is 5.84. The predicted octanol–water partition coefficient (Wildman–Crippen LogP) is 1.35. The van der Waals surface area contributed by atoms with E-state index in [1.54, 1.807) is 32.9 Å². The number of aryl methyl sites for hydroxylation is 1. The van der Waals surface area contributed by atoms with Crippen LogP contribution in [-0.2, 0) is 14.4 Å². The Kier molecular flexibility index (Phi) is 7.58. The van der Waals surface area contributed by atoms with Crippen molar-refractivity contribution in [1.82, 2.24) is 10.7 Å². The van der Waals surface area contributed by atoms with Gasteiger partial charge in [0.1, 0.15) is 5.75 Å². The molecule has 136 valence electrons. The summed E-state index contributed by atoms with van der Waals surface area (Å²) in [4.78, 5) is 35.1. The van der Waals surface area contributed by atoms with Gasteiger partial charge in [-0.2, -0.15) is 5.10 Å². The zero-order valence-electron chi connectivity index (χ0n) is 15.1. The van der Waals surface area contributed by atoms with E-state index in [4.69, 9.17) is 4.74 Å². The first-order valence-corrected chi connectivity index (χ1v) is 7.81. The number of anilines is 1. The Bertz CT molecular complexity index is 683. The van der Waals surface area contributed by atoms with Crippen LogP contribution in [0.25, 0.3) is 0 Å². The molecule has 0 aliphatic rings. The van der Waals surface area contributed by atoms with Crippen LogP contribution in [0.4, 0.5) is 5.69 Å². The Balaban J connectivity index is 2.60. The summed E-state index contributed by atoms with van der Waals surface area (Å²) >= 11 is 0. The number of hydrogen-bond donors (Lipinski definition) is 3. The summed E-state index contributed by atoms with van der Waals surface area (Å²) in [7, 11) is 1.52. The molecule has 3 amide bonds. The lowest BCUT2D eigenvalue weighted by atomic mass is 10.2. The van der Waals surface area contributed by atoms with Crippen molar-refractivity contribution in [3.05, 3.63) is 23.8 Å². The third-order valence-electron chi connectivity index (χ3n) is 3.02. The summed E-state index contributed by atoms with van der Waals surface area (Å²) in [6, 6.07) is 5.28. The fourth-order valence-electron chi connectivity index (χ4n) is 1.91. The molecule has 0 aromatic heterocycles. The van der Waals surface area contributed by atoms with Gasteiger partial charge >= 0.3 is 11.8 Å². The monoisotopic (exact) mass is 348 g/mol. The van der Waals surface area contributed by atoms with Crippen LogP contribution in [0.3, 0.4) is 0 Å². The number of carbonyl (C=O) groups excluding carboxylic acids is 3. The normalized spacial score (nSPS) is 11.0. The molecular weight excluding hydrogens is 324 g/mol. The van der Waals surface area contributed by atoms with E-state index in [0.717, 1.165) is 5.56 Å². The molecule has 0 spiro atoms. The number of methoxy groups -OCH3 is 1. The van der Waals surface area contributed by atoms with Crippen LogP contribution in [-0.4, -0.2) is 36.6 Å². The van der Waals surface area contributed by atoms with Crippen molar-refractivity contribution in [2.24, 2.45) is 5.10 Å². The van der Waals surface area contributed by atoms with Gasteiger partial charge in [0.25, 0.3) is 0 Å². The molecule has 0 fully saturated rings. The zero-order chi connectivity index (χ0) is 19.0. The average Bonchev–Trinajstić information content (AvgIpc) is 2.52. The summed E-state index contributed by atoms with van der Waals surface area (Å²) in [5.41, 5.74) is 4.01. The van der Waals surface area contributed by atoms with Crippen molar-refractivity contribution in [1.29, 1.82) is 0 Å². The lowest BCUT2D eigenvalue weighted by Gasteiger charge is -2.11. The van der Waals surface area contributed by atoms with Crippen molar-refractivity contribution in [3.8, 4) is 5.75 Å². The maximum Gasteiger partial charge on any atom is 0.329 e. The number of carbonyl (C=O) groups is 3. The van der Waals surface area contributed by atoms with Gasteiger partial charge in [-0.1, -0.05) is 6.07 Å². The quantitative estimate of drug-likeness (QED) is 0.409. The molecule has 1 aromatic rings. The predicted molar refractivity (Wildman–Crippen MR) is 95.5 cm³/mol. The van der Waals surface area contributed by atoms with E-state index in [9.17, 15) is 14.4 Å². The smallest absolute Gasteiger partial charge is 0.329 e. The van der Waals surface area contributed by atoms with E-state index >= 15 is 0 Å². The van der Waals surface area contributed by atoms with Crippen LogP contribution < -0.4 is 20.8 Å². The van der Waals surface area contributed by atoms with Crippen molar-refractivity contribution in [2.75, 3.05) is 12.4 Å². The summed E-state index contributed by atoms with van der Waals surface area (Å²) in [5.74, 6) is -1.42. The summed E-state index contributed by atoms with van der Waals surface area (Å²) in [6.07, 6.45) is -0.0385. The third kappa shape index (κ3) is 7.03. The SMILES string of the molecule is COc1ccc(C)cc1NC(=O)C/C(C)=N\NC(=O)C(=O)NC(C)C. The second kappa shape index (κ2) is 9.41. The first kappa shape index (κ1) is 20.1. The van der Waals surface area contributed by atoms with Crippen molar-refractivity contribution < 1.29 is 19.1 Å². The number of hydrogen-bond acceptors (Lipinski definition) is 5. The number of ether oxygens (including phenoxy) is 1. The van der Waals surface area contributed by atoms with Gasteiger partial charge in [0.05, 0.1) is 19.2 Å². The minimum Gasteiger partial charge on any atom is -0.495 e. The maximum absolute atomic E-state index is 12.1. The highest BCUT2D eigenvalue weighted by Gasteiger charge is 2.14. The minimum atomic E-state index is -0.881. The molecule has 8 nitrogen and oxygen atoms in total. The average molecular weight is 348 g/mol. The van der Waals surface area contributed by atoms with Crippen LogP contribution >= 0.6 is 0 Å². The molecule has 0 heterocycles. The van der Waals surface area contributed by atoms with Crippen molar-refractivity contribution >= 4 is 29.1 Å². The number of amides is 3. The van der Waals surface area contributed by atoms with Crippen LogP contribution in [0.2, 0.25) is 0 Å². The van der Waals surface area contributed by atoms with Gasteiger partial charge in [0.15, 0.2) is 0 Å². The number of nitrogens with one attached hydrogen (secondary N) is 3. The summed E-state index contributed by atoms with van der Waals surface area (Å²) in [6.45, 7) is 6.96. The van der Waals surface area contributed by atoms with Crippen LogP contribution in [0.5, 0.6) is 5.75 Å². The third-order valence-corrected chi connectivity index (χ3v) is 3.02. The maximum atomic E-state index is 12.1. The van der Waals surface area contributed by atoms with E-state index in [0.29, 0.717) is 17.1 Å². The molecule has 0 unspecified atom stereocenters. The molecule has 0 saturated carbocycles. The van der Waals surface area contributed by atoms with Crippen LogP contribution in [0, 0.1) is 6.92 Å². The zero-order valence-corrected chi connectivity index (χ0v) is 15.1. The number of hydrazone groups is 1. The lowest BCUT2D eigenvalue weighted by molar-refractivity contribution is -0.139. The lowest BCUT2D eigenvalue weighted by Crippen LogP contribution is -2.41.